The van der Waals surface area contributed by atoms with Gasteiger partial charge in [0.1, 0.15) is 0 Å². The molecule has 0 bridgehead atoms. The maximum absolute atomic E-state index is 12.5. The van der Waals surface area contributed by atoms with Crippen molar-refractivity contribution in [1.82, 2.24) is 4.72 Å². The smallest absolute Gasteiger partial charge is 0.216 e. The molecule has 0 aliphatic rings. The summed E-state index contributed by atoms with van der Waals surface area (Å²) in [5, 5.41) is 11.1. The van der Waals surface area contributed by atoms with Crippen LogP contribution in [0.15, 0.2) is 54.6 Å². The summed E-state index contributed by atoms with van der Waals surface area (Å²) in [5.41, 5.74) is 2.27. The summed E-state index contributed by atoms with van der Waals surface area (Å²) >= 11 is 0. The number of benzene rings is 2. The van der Waals surface area contributed by atoms with Gasteiger partial charge in [-0.25, -0.2) is 13.1 Å². The van der Waals surface area contributed by atoms with Gasteiger partial charge < -0.3 is 9.90 Å². The van der Waals surface area contributed by atoms with Crippen LogP contribution in [0.2, 0.25) is 0 Å². The molecule has 0 unspecified atom stereocenters. The highest BCUT2D eigenvalue weighted by atomic mass is 32.2. The first-order valence-electron chi connectivity index (χ1n) is 8.41. The van der Waals surface area contributed by atoms with E-state index in [2.05, 4.69) is 25.5 Å². The van der Waals surface area contributed by atoms with Crippen molar-refractivity contribution in [1.29, 1.82) is 0 Å². The van der Waals surface area contributed by atoms with Crippen molar-refractivity contribution in [2.24, 2.45) is 0 Å². The number of hydrogen-bond acceptors (Lipinski definition) is 4. The Balaban J connectivity index is 2.23. The van der Waals surface area contributed by atoms with Crippen LogP contribution >= 0.6 is 0 Å². The molecule has 5 nitrogen and oxygen atoms in total. The average molecular weight is 374 g/mol. The topological polar surface area (TPSA) is 86.3 Å². The molecule has 0 fully saturated rings. The molecular formula is C20H24NO4S-. The predicted molar refractivity (Wildman–Crippen MR) is 99.7 cm³/mol. The Hall–Kier alpha value is -2.18. The Bertz CT molecular complexity index is 838. The quantitative estimate of drug-likeness (QED) is 0.806. The zero-order valence-corrected chi connectivity index (χ0v) is 16.0. The van der Waals surface area contributed by atoms with Crippen molar-refractivity contribution in [2.75, 3.05) is 0 Å². The van der Waals surface area contributed by atoms with E-state index in [-0.39, 0.29) is 11.2 Å². The molecular weight excluding hydrogens is 350 g/mol. The fourth-order valence-electron chi connectivity index (χ4n) is 2.66. The number of sulfonamides is 1. The number of aliphatic carboxylic acids is 1. The van der Waals surface area contributed by atoms with E-state index in [1.807, 2.05) is 12.1 Å². The number of hydrogen-bond donors (Lipinski definition) is 1. The Morgan fingerprint density at radius 1 is 1.04 bits per heavy atom. The van der Waals surface area contributed by atoms with Gasteiger partial charge in [0.15, 0.2) is 0 Å². The first kappa shape index (κ1) is 20.1. The predicted octanol–water partition coefficient (Wildman–Crippen LogP) is 2.28. The van der Waals surface area contributed by atoms with Crippen LogP contribution in [0.25, 0.3) is 0 Å². The molecule has 26 heavy (non-hydrogen) atoms. The second kappa shape index (κ2) is 8.01. The van der Waals surface area contributed by atoms with E-state index in [1.54, 1.807) is 42.5 Å². The number of rotatable bonds is 7. The van der Waals surface area contributed by atoms with Crippen LogP contribution in [0.1, 0.15) is 49.9 Å². The molecule has 0 radical (unpaired) electrons. The Morgan fingerprint density at radius 3 is 2.12 bits per heavy atom. The first-order valence-corrected chi connectivity index (χ1v) is 10.1. The standard InChI is InChI=1S/C20H25NO4S/c1-20(2,3)17-11-9-16(10-12-17)18(13-19(22)23)21-26(24,25)14-15-7-5-4-6-8-15/h4-12,18,21H,13-14H2,1-3H3,(H,22,23)/p-1/t18-/m0/s1. The maximum atomic E-state index is 12.5. The number of carbonyl (C=O) groups excluding carboxylic acids is 1. The van der Waals surface area contributed by atoms with Crippen LogP contribution in [0.4, 0.5) is 0 Å². The number of carbonyl (C=O) groups is 1. The van der Waals surface area contributed by atoms with Crippen LogP contribution in [0.5, 0.6) is 0 Å². The molecule has 2 aromatic carbocycles. The highest BCUT2D eigenvalue weighted by molar-refractivity contribution is 7.88. The van der Waals surface area contributed by atoms with E-state index < -0.39 is 28.5 Å². The van der Waals surface area contributed by atoms with Crippen LogP contribution in [0.3, 0.4) is 0 Å². The Labute approximate surface area is 155 Å². The van der Waals surface area contributed by atoms with Gasteiger partial charge in [-0.3, -0.25) is 0 Å². The maximum Gasteiger partial charge on any atom is 0.216 e. The summed E-state index contributed by atoms with van der Waals surface area (Å²) in [6.07, 6.45) is -0.428. The molecule has 0 aromatic heterocycles. The molecule has 0 saturated carbocycles. The van der Waals surface area contributed by atoms with Crippen molar-refractivity contribution in [3.05, 3.63) is 71.3 Å². The number of nitrogens with one attached hydrogen (secondary N) is 1. The SMILES string of the molecule is CC(C)(C)c1ccc([C@H](CC(=O)[O-])NS(=O)(=O)Cc2ccccc2)cc1. The van der Waals surface area contributed by atoms with Gasteiger partial charge in [0.25, 0.3) is 0 Å². The molecule has 1 N–H and O–H groups in total. The van der Waals surface area contributed by atoms with Gasteiger partial charge in [-0.15, -0.1) is 0 Å². The molecule has 2 rings (SSSR count). The van der Waals surface area contributed by atoms with Gasteiger partial charge >= 0.3 is 0 Å². The van der Waals surface area contributed by atoms with Crippen LogP contribution in [-0.4, -0.2) is 14.4 Å². The van der Waals surface area contributed by atoms with E-state index in [9.17, 15) is 18.3 Å². The van der Waals surface area contributed by atoms with Crippen molar-refractivity contribution in [3.8, 4) is 0 Å². The van der Waals surface area contributed by atoms with Gasteiger partial charge in [-0.1, -0.05) is 75.4 Å². The molecule has 0 aliphatic carbocycles. The molecule has 0 amide bonds. The lowest BCUT2D eigenvalue weighted by Crippen LogP contribution is -2.34. The Kier molecular flexibility index (Phi) is 6.21. The van der Waals surface area contributed by atoms with Crippen LogP contribution in [-0.2, 0) is 26.0 Å². The van der Waals surface area contributed by atoms with E-state index in [4.69, 9.17) is 0 Å². The van der Waals surface area contributed by atoms with Gasteiger partial charge in [0.05, 0.1) is 11.8 Å². The highest BCUT2D eigenvalue weighted by Crippen LogP contribution is 2.25. The van der Waals surface area contributed by atoms with Gasteiger partial charge in [-0.2, -0.15) is 0 Å². The lowest BCUT2D eigenvalue weighted by atomic mass is 9.86. The molecule has 140 valence electrons. The summed E-state index contributed by atoms with van der Waals surface area (Å²) in [5.74, 6) is -1.52. The molecule has 0 aliphatic heterocycles. The fourth-order valence-corrected chi connectivity index (χ4v) is 4.03. The molecule has 1 atom stereocenters. The summed E-state index contributed by atoms with van der Waals surface area (Å²) in [6, 6.07) is 15.2. The van der Waals surface area contributed by atoms with E-state index in [0.29, 0.717) is 11.1 Å². The summed E-state index contributed by atoms with van der Waals surface area (Å²) in [4.78, 5) is 11.1. The average Bonchev–Trinajstić information content (AvgIpc) is 2.53. The van der Waals surface area contributed by atoms with Crippen LogP contribution in [0, 0.1) is 0 Å². The minimum absolute atomic E-state index is 0.0464. The second-order valence-corrected chi connectivity index (χ2v) is 9.12. The minimum atomic E-state index is -3.71. The molecule has 6 heteroatoms. The van der Waals surface area contributed by atoms with Gasteiger partial charge in [-0.05, 0) is 22.1 Å². The third-order valence-electron chi connectivity index (χ3n) is 4.07. The zero-order chi connectivity index (χ0) is 19.4. The minimum Gasteiger partial charge on any atom is -0.550 e. The molecule has 0 saturated heterocycles. The monoisotopic (exact) mass is 374 g/mol. The van der Waals surface area contributed by atoms with Crippen molar-refractivity contribution in [2.45, 2.75) is 44.4 Å². The third kappa shape index (κ3) is 5.97. The number of carboxylic acid groups (broad SMARTS) is 1. The second-order valence-electron chi connectivity index (χ2n) is 7.36. The number of carboxylic acids is 1. The fraction of sp³-hybridized carbons (Fsp3) is 0.350. The molecule has 2 aromatic rings. The van der Waals surface area contributed by atoms with Crippen molar-refractivity contribution >= 4 is 16.0 Å². The largest absolute Gasteiger partial charge is 0.550 e. The first-order chi connectivity index (χ1) is 12.1. The lowest BCUT2D eigenvalue weighted by Gasteiger charge is -2.23. The van der Waals surface area contributed by atoms with Crippen molar-refractivity contribution in [3.63, 3.8) is 0 Å². The third-order valence-corrected chi connectivity index (χ3v) is 5.43. The van der Waals surface area contributed by atoms with E-state index >= 15 is 0 Å². The summed E-state index contributed by atoms with van der Waals surface area (Å²) in [6.45, 7) is 6.22. The zero-order valence-electron chi connectivity index (χ0n) is 15.2. The Morgan fingerprint density at radius 2 is 1.62 bits per heavy atom. The highest BCUT2D eigenvalue weighted by Gasteiger charge is 2.21. The van der Waals surface area contributed by atoms with Gasteiger partial charge in [0.2, 0.25) is 10.0 Å². The van der Waals surface area contributed by atoms with Crippen LogP contribution < -0.4 is 9.83 Å². The van der Waals surface area contributed by atoms with E-state index in [1.165, 1.54) is 0 Å². The lowest BCUT2D eigenvalue weighted by molar-refractivity contribution is -0.306. The molecule has 0 spiro atoms. The molecule has 0 heterocycles. The summed E-state index contributed by atoms with van der Waals surface area (Å²) in [7, 11) is -3.71. The summed E-state index contributed by atoms with van der Waals surface area (Å²) < 4.78 is 27.4. The van der Waals surface area contributed by atoms with Crippen molar-refractivity contribution < 1.29 is 18.3 Å². The van der Waals surface area contributed by atoms with E-state index in [0.717, 1.165) is 5.56 Å². The van der Waals surface area contributed by atoms with Gasteiger partial charge in [0, 0.05) is 12.4 Å². The normalized spacial score (nSPS) is 13.3.